The monoisotopic (exact) mass is 250 g/mol. The molecule has 0 amide bonds. The number of hydrogen-bond donors (Lipinski definition) is 1. The van der Waals surface area contributed by atoms with E-state index in [-0.39, 0.29) is 6.04 Å². The van der Waals surface area contributed by atoms with Crippen LogP contribution >= 0.6 is 11.6 Å². The van der Waals surface area contributed by atoms with Crippen LogP contribution in [0, 0.1) is 0 Å². The highest BCUT2D eigenvalue weighted by Gasteiger charge is 2.11. The van der Waals surface area contributed by atoms with Crippen molar-refractivity contribution in [3.05, 3.63) is 47.0 Å². The molecule has 0 aliphatic carbocycles. The Kier molecular flexibility index (Phi) is 3.76. The van der Waals surface area contributed by atoms with Crippen molar-refractivity contribution >= 4 is 11.6 Å². The van der Waals surface area contributed by atoms with Gasteiger partial charge in [-0.05, 0) is 24.6 Å². The molecular weight excluding hydrogens is 236 g/mol. The summed E-state index contributed by atoms with van der Waals surface area (Å²) >= 11 is 5.94. The second-order valence-electron chi connectivity index (χ2n) is 3.86. The molecule has 0 spiro atoms. The van der Waals surface area contributed by atoms with Crippen LogP contribution < -0.4 is 5.73 Å². The van der Waals surface area contributed by atoms with Gasteiger partial charge in [-0.15, -0.1) is 0 Å². The second-order valence-corrected chi connectivity index (χ2v) is 4.29. The van der Waals surface area contributed by atoms with Crippen molar-refractivity contribution in [2.75, 3.05) is 0 Å². The lowest BCUT2D eigenvalue weighted by Crippen LogP contribution is -2.16. The summed E-state index contributed by atoms with van der Waals surface area (Å²) < 4.78 is 1.85. The zero-order valence-corrected chi connectivity index (χ0v) is 10.4. The minimum absolute atomic E-state index is 0.108. The maximum atomic E-state index is 6.14. The van der Waals surface area contributed by atoms with E-state index < -0.39 is 0 Å². The summed E-state index contributed by atoms with van der Waals surface area (Å²) in [5.74, 6) is 0.903. The summed E-state index contributed by atoms with van der Waals surface area (Å²) in [5, 5.41) is 4.83. The quantitative estimate of drug-likeness (QED) is 0.905. The van der Waals surface area contributed by atoms with Crippen LogP contribution in [0.4, 0.5) is 0 Å². The normalized spacial score (nSPS) is 12.6. The Morgan fingerprint density at radius 1 is 1.47 bits per heavy atom. The summed E-state index contributed by atoms with van der Waals surface area (Å²) in [6.45, 7) is 2.83. The van der Waals surface area contributed by atoms with Crippen LogP contribution in [0.2, 0.25) is 5.02 Å². The lowest BCUT2D eigenvalue weighted by Gasteiger charge is -2.12. The molecule has 0 fully saturated rings. The second kappa shape index (κ2) is 5.29. The minimum atomic E-state index is -0.108. The zero-order valence-electron chi connectivity index (χ0n) is 9.68. The molecule has 0 saturated heterocycles. The van der Waals surface area contributed by atoms with Gasteiger partial charge in [-0.3, -0.25) is 4.68 Å². The van der Waals surface area contributed by atoms with Gasteiger partial charge in [0, 0.05) is 24.0 Å². The van der Waals surface area contributed by atoms with E-state index >= 15 is 0 Å². The topological polar surface area (TPSA) is 56.7 Å². The van der Waals surface area contributed by atoms with Gasteiger partial charge in [-0.2, -0.15) is 5.10 Å². The first-order valence-electron chi connectivity index (χ1n) is 5.58. The van der Waals surface area contributed by atoms with Gasteiger partial charge < -0.3 is 5.73 Å². The maximum absolute atomic E-state index is 6.14. The Labute approximate surface area is 105 Å². The molecule has 2 N–H and O–H groups in total. The summed E-state index contributed by atoms with van der Waals surface area (Å²) in [7, 11) is 0. The summed E-state index contributed by atoms with van der Waals surface area (Å²) in [4.78, 5) is 4.21. The number of nitrogens with zero attached hydrogens (tertiary/aromatic N) is 3. The Morgan fingerprint density at radius 2 is 2.29 bits per heavy atom. The number of aryl methyl sites for hydroxylation is 1. The molecule has 90 valence electrons. The van der Waals surface area contributed by atoms with Crippen LogP contribution in [0.15, 0.2) is 30.6 Å². The van der Waals surface area contributed by atoms with E-state index in [2.05, 4.69) is 10.1 Å². The smallest absolute Gasteiger partial charge is 0.138 e. The van der Waals surface area contributed by atoms with Gasteiger partial charge in [-0.1, -0.05) is 23.7 Å². The third-order valence-electron chi connectivity index (χ3n) is 2.67. The average molecular weight is 251 g/mol. The van der Waals surface area contributed by atoms with Crippen LogP contribution in [0.5, 0.6) is 0 Å². The first kappa shape index (κ1) is 12.1. The van der Waals surface area contributed by atoms with Crippen molar-refractivity contribution in [3.63, 3.8) is 0 Å². The van der Waals surface area contributed by atoms with E-state index in [0.29, 0.717) is 11.4 Å². The Hall–Kier alpha value is -1.39. The number of halogens is 1. The fraction of sp³-hybridized carbons (Fsp3) is 0.333. The lowest BCUT2D eigenvalue weighted by atomic mass is 10.0. The first-order valence-corrected chi connectivity index (χ1v) is 5.96. The van der Waals surface area contributed by atoms with E-state index in [1.54, 1.807) is 6.33 Å². The highest BCUT2D eigenvalue weighted by atomic mass is 35.5. The third kappa shape index (κ3) is 2.84. The predicted octanol–water partition coefficient (Wildman–Crippen LogP) is 2.19. The lowest BCUT2D eigenvalue weighted by molar-refractivity contribution is 0.581. The molecule has 17 heavy (non-hydrogen) atoms. The highest BCUT2D eigenvalue weighted by molar-refractivity contribution is 6.30. The molecular formula is C12H15ClN4. The molecule has 1 aromatic carbocycles. The van der Waals surface area contributed by atoms with Crippen molar-refractivity contribution in [2.24, 2.45) is 5.73 Å². The van der Waals surface area contributed by atoms with Crippen molar-refractivity contribution in [1.29, 1.82) is 0 Å². The third-order valence-corrected chi connectivity index (χ3v) is 2.91. The van der Waals surface area contributed by atoms with E-state index in [0.717, 1.165) is 17.9 Å². The molecule has 0 aliphatic heterocycles. The molecule has 1 unspecified atom stereocenters. The summed E-state index contributed by atoms with van der Waals surface area (Å²) in [6.07, 6.45) is 2.22. The summed E-state index contributed by atoms with van der Waals surface area (Å²) in [5.41, 5.74) is 7.16. The minimum Gasteiger partial charge on any atom is -0.324 e. The fourth-order valence-electron chi connectivity index (χ4n) is 1.76. The summed E-state index contributed by atoms with van der Waals surface area (Å²) in [6, 6.07) is 7.50. The molecule has 1 atom stereocenters. The van der Waals surface area contributed by atoms with E-state index in [1.807, 2.05) is 35.9 Å². The number of benzene rings is 1. The van der Waals surface area contributed by atoms with E-state index in [9.17, 15) is 0 Å². The molecule has 5 heteroatoms. The first-order chi connectivity index (χ1) is 8.20. The van der Waals surface area contributed by atoms with Crippen LogP contribution in [-0.2, 0) is 13.0 Å². The van der Waals surface area contributed by atoms with Crippen molar-refractivity contribution in [1.82, 2.24) is 14.8 Å². The Balaban J connectivity index is 2.14. The number of nitrogens with two attached hydrogens (primary N) is 1. The van der Waals surface area contributed by atoms with Crippen LogP contribution in [0.1, 0.15) is 24.4 Å². The van der Waals surface area contributed by atoms with Crippen molar-refractivity contribution in [3.8, 4) is 0 Å². The van der Waals surface area contributed by atoms with Crippen molar-refractivity contribution < 1.29 is 0 Å². The van der Waals surface area contributed by atoms with Crippen molar-refractivity contribution in [2.45, 2.75) is 25.9 Å². The largest absolute Gasteiger partial charge is 0.324 e. The van der Waals surface area contributed by atoms with E-state index in [1.165, 1.54) is 0 Å². The molecule has 2 rings (SSSR count). The predicted molar refractivity (Wildman–Crippen MR) is 67.8 cm³/mol. The fourth-order valence-corrected chi connectivity index (χ4v) is 1.96. The van der Waals surface area contributed by atoms with Gasteiger partial charge >= 0.3 is 0 Å². The van der Waals surface area contributed by atoms with Crippen LogP contribution in [0.25, 0.3) is 0 Å². The van der Waals surface area contributed by atoms with Crippen LogP contribution in [-0.4, -0.2) is 14.8 Å². The molecule has 0 bridgehead atoms. The SMILES string of the molecule is CCn1ncnc1CC(N)c1cccc(Cl)c1. The van der Waals surface area contributed by atoms with Crippen LogP contribution in [0.3, 0.4) is 0 Å². The molecule has 4 nitrogen and oxygen atoms in total. The molecule has 0 aliphatic rings. The average Bonchev–Trinajstić information content (AvgIpc) is 2.76. The zero-order chi connectivity index (χ0) is 12.3. The Morgan fingerprint density at radius 3 is 3.00 bits per heavy atom. The number of aromatic nitrogens is 3. The molecule has 0 saturated carbocycles. The van der Waals surface area contributed by atoms with Gasteiger partial charge in [0.2, 0.25) is 0 Å². The van der Waals surface area contributed by atoms with Gasteiger partial charge in [0.25, 0.3) is 0 Å². The molecule has 1 aromatic heterocycles. The van der Waals surface area contributed by atoms with Gasteiger partial charge in [0.05, 0.1) is 0 Å². The van der Waals surface area contributed by atoms with Gasteiger partial charge in [0.1, 0.15) is 12.2 Å². The highest BCUT2D eigenvalue weighted by Crippen LogP contribution is 2.18. The van der Waals surface area contributed by atoms with E-state index in [4.69, 9.17) is 17.3 Å². The molecule has 0 radical (unpaired) electrons. The number of rotatable bonds is 4. The maximum Gasteiger partial charge on any atom is 0.138 e. The number of hydrogen-bond acceptors (Lipinski definition) is 3. The molecule has 2 aromatic rings. The molecule has 1 heterocycles. The van der Waals surface area contributed by atoms with Gasteiger partial charge in [0.15, 0.2) is 0 Å². The standard InChI is InChI=1S/C12H15ClN4/c1-2-17-12(15-8-16-17)7-11(14)9-4-3-5-10(13)6-9/h3-6,8,11H,2,7,14H2,1H3. The Bertz CT molecular complexity index is 495. The van der Waals surface area contributed by atoms with Gasteiger partial charge in [-0.25, -0.2) is 4.98 Å².